The van der Waals surface area contributed by atoms with Crippen LogP contribution >= 0.6 is 0 Å². The van der Waals surface area contributed by atoms with Crippen LogP contribution in [0.25, 0.3) is 6.08 Å². The lowest BCUT2D eigenvalue weighted by Crippen LogP contribution is -2.33. The van der Waals surface area contributed by atoms with Gasteiger partial charge in [-0.15, -0.1) is 0 Å². The molecule has 2 rings (SSSR count). The van der Waals surface area contributed by atoms with Gasteiger partial charge in [-0.2, -0.15) is 0 Å². The fourth-order valence-electron chi connectivity index (χ4n) is 2.25. The third-order valence-corrected chi connectivity index (χ3v) is 3.50. The topological polar surface area (TPSA) is 38.1 Å². The molecular formula is C15H23N3O. The number of piperidine rings is 1. The number of rotatable bonds is 4. The van der Waals surface area contributed by atoms with Crippen LogP contribution in [0.5, 0.6) is 0 Å². The van der Waals surface area contributed by atoms with E-state index in [1.165, 1.54) is 0 Å². The molecule has 1 saturated heterocycles. The van der Waals surface area contributed by atoms with Crippen LogP contribution in [0.2, 0.25) is 0 Å². The molecule has 19 heavy (non-hydrogen) atoms. The smallest absolute Gasteiger partial charge is 0.249 e. The second-order valence-corrected chi connectivity index (χ2v) is 5.72. The Labute approximate surface area is 115 Å². The van der Waals surface area contributed by atoms with E-state index in [0.717, 1.165) is 43.6 Å². The second kappa shape index (κ2) is 6.04. The highest BCUT2D eigenvalue weighted by Gasteiger charge is 2.19. The normalized spacial score (nSPS) is 18.6. The van der Waals surface area contributed by atoms with Gasteiger partial charge in [0.25, 0.3) is 0 Å². The van der Waals surface area contributed by atoms with E-state index in [1.54, 1.807) is 4.90 Å². The first-order valence-corrected chi connectivity index (χ1v) is 7.04. The number of carbonyl (C=O) groups is 1. The predicted octanol–water partition coefficient (Wildman–Crippen LogP) is 2.56. The van der Waals surface area contributed by atoms with Gasteiger partial charge in [0, 0.05) is 31.9 Å². The molecule has 1 aromatic rings. The molecule has 1 fully saturated rings. The summed E-state index contributed by atoms with van der Waals surface area (Å²) in [5.41, 5.74) is 1.77. The number of likely N-dealkylation sites (N-methyl/N-ethyl adjacent to an activating group) is 1. The zero-order chi connectivity index (χ0) is 13.8. The highest BCUT2D eigenvalue weighted by molar-refractivity contribution is 5.98. The zero-order valence-corrected chi connectivity index (χ0v) is 12.1. The monoisotopic (exact) mass is 261 g/mol. The van der Waals surface area contributed by atoms with E-state index in [1.807, 2.05) is 25.6 Å². The van der Waals surface area contributed by atoms with Gasteiger partial charge < -0.3 is 9.47 Å². The summed E-state index contributed by atoms with van der Waals surface area (Å²) in [6.45, 7) is 6.29. The van der Waals surface area contributed by atoms with Crippen molar-refractivity contribution < 1.29 is 4.79 Å². The standard InChI is InChI=1S/C15H23N3O/c1-12(2)6-8-18-10-14(16-11-18)9-13-5-4-7-17(3)15(13)19/h9-12H,4-8H2,1-3H3/b13-9-. The number of hydrogen-bond donors (Lipinski definition) is 0. The molecule has 1 aliphatic rings. The Morgan fingerprint density at radius 2 is 2.26 bits per heavy atom. The molecular weight excluding hydrogens is 238 g/mol. The zero-order valence-electron chi connectivity index (χ0n) is 12.1. The molecule has 0 aromatic carbocycles. The maximum absolute atomic E-state index is 12.0. The van der Waals surface area contributed by atoms with E-state index in [9.17, 15) is 4.79 Å². The summed E-state index contributed by atoms with van der Waals surface area (Å²) in [6.07, 6.45) is 8.87. The molecule has 1 aromatic heterocycles. The van der Waals surface area contributed by atoms with E-state index in [2.05, 4.69) is 23.4 Å². The Morgan fingerprint density at radius 1 is 1.47 bits per heavy atom. The molecule has 1 aliphatic heterocycles. The van der Waals surface area contributed by atoms with Crippen LogP contribution in [-0.2, 0) is 11.3 Å². The van der Waals surface area contributed by atoms with Gasteiger partial charge in [-0.25, -0.2) is 4.98 Å². The van der Waals surface area contributed by atoms with Gasteiger partial charge in [-0.3, -0.25) is 4.79 Å². The third-order valence-electron chi connectivity index (χ3n) is 3.50. The van der Waals surface area contributed by atoms with E-state index in [0.29, 0.717) is 5.92 Å². The number of aromatic nitrogens is 2. The quantitative estimate of drug-likeness (QED) is 0.781. The van der Waals surface area contributed by atoms with Crippen molar-refractivity contribution in [1.29, 1.82) is 0 Å². The molecule has 0 aliphatic carbocycles. The number of amides is 1. The van der Waals surface area contributed by atoms with Crippen molar-refractivity contribution in [2.45, 2.75) is 39.7 Å². The second-order valence-electron chi connectivity index (χ2n) is 5.72. The van der Waals surface area contributed by atoms with E-state index in [-0.39, 0.29) is 5.91 Å². The minimum absolute atomic E-state index is 0.142. The largest absolute Gasteiger partial charge is 0.342 e. The van der Waals surface area contributed by atoms with E-state index < -0.39 is 0 Å². The Kier molecular flexibility index (Phi) is 4.40. The number of hydrogen-bond acceptors (Lipinski definition) is 2. The third kappa shape index (κ3) is 3.69. The predicted molar refractivity (Wildman–Crippen MR) is 76.5 cm³/mol. The summed E-state index contributed by atoms with van der Waals surface area (Å²) in [4.78, 5) is 18.1. The van der Waals surface area contributed by atoms with Crippen LogP contribution < -0.4 is 0 Å². The average molecular weight is 261 g/mol. The molecule has 4 heteroatoms. The van der Waals surface area contributed by atoms with Crippen molar-refractivity contribution in [3.63, 3.8) is 0 Å². The lowest BCUT2D eigenvalue weighted by Gasteiger charge is -2.24. The fourth-order valence-corrected chi connectivity index (χ4v) is 2.25. The van der Waals surface area contributed by atoms with Gasteiger partial charge in [-0.05, 0) is 31.3 Å². The molecule has 4 nitrogen and oxygen atoms in total. The number of likely N-dealkylation sites (tertiary alicyclic amines) is 1. The number of carbonyl (C=O) groups excluding carboxylic acids is 1. The van der Waals surface area contributed by atoms with Crippen molar-refractivity contribution in [3.05, 3.63) is 23.8 Å². The van der Waals surface area contributed by atoms with Gasteiger partial charge in [0.2, 0.25) is 5.91 Å². The van der Waals surface area contributed by atoms with E-state index in [4.69, 9.17) is 0 Å². The number of imidazole rings is 1. The van der Waals surface area contributed by atoms with Gasteiger partial charge in [0.1, 0.15) is 0 Å². The van der Waals surface area contributed by atoms with Crippen LogP contribution in [0.3, 0.4) is 0 Å². The summed E-state index contributed by atoms with van der Waals surface area (Å²) < 4.78 is 2.10. The molecule has 0 unspecified atom stereocenters. The van der Waals surface area contributed by atoms with Crippen LogP contribution in [0.4, 0.5) is 0 Å². The van der Waals surface area contributed by atoms with Crippen molar-refractivity contribution in [1.82, 2.24) is 14.5 Å². The Bertz CT molecular complexity index is 473. The lowest BCUT2D eigenvalue weighted by atomic mass is 10.0. The minimum atomic E-state index is 0.142. The molecule has 1 amide bonds. The van der Waals surface area contributed by atoms with Crippen molar-refractivity contribution >= 4 is 12.0 Å². The van der Waals surface area contributed by atoms with Crippen LogP contribution in [-0.4, -0.2) is 34.0 Å². The molecule has 2 heterocycles. The average Bonchev–Trinajstić information content (AvgIpc) is 2.80. The van der Waals surface area contributed by atoms with Crippen LogP contribution in [0.1, 0.15) is 38.8 Å². The molecule has 0 N–H and O–H groups in total. The van der Waals surface area contributed by atoms with Gasteiger partial charge in [0.05, 0.1) is 12.0 Å². The summed E-state index contributed by atoms with van der Waals surface area (Å²) >= 11 is 0. The molecule has 0 spiro atoms. The SMILES string of the molecule is CC(C)CCn1cnc(/C=C2/CCCN(C)C2=O)c1. The number of aryl methyl sites for hydroxylation is 1. The molecule has 0 bridgehead atoms. The Morgan fingerprint density at radius 3 is 3.00 bits per heavy atom. The molecule has 0 saturated carbocycles. The maximum Gasteiger partial charge on any atom is 0.249 e. The lowest BCUT2D eigenvalue weighted by molar-refractivity contribution is -0.127. The van der Waals surface area contributed by atoms with Gasteiger partial charge in [-0.1, -0.05) is 13.8 Å². The highest BCUT2D eigenvalue weighted by atomic mass is 16.2. The summed E-state index contributed by atoms with van der Waals surface area (Å²) in [6, 6.07) is 0. The summed E-state index contributed by atoms with van der Waals surface area (Å²) in [7, 11) is 1.86. The molecule has 104 valence electrons. The van der Waals surface area contributed by atoms with Gasteiger partial charge in [0.15, 0.2) is 0 Å². The highest BCUT2D eigenvalue weighted by Crippen LogP contribution is 2.18. The molecule has 0 radical (unpaired) electrons. The number of nitrogens with zero attached hydrogens (tertiary/aromatic N) is 3. The first-order chi connectivity index (χ1) is 9.06. The van der Waals surface area contributed by atoms with Crippen molar-refractivity contribution in [2.24, 2.45) is 5.92 Å². The summed E-state index contributed by atoms with van der Waals surface area (Å²) in [5, 5.41) is 0. The van der Waals surface area contributed by atoms with Crippen molar-refractivity contribution in [3.8, 4) is 0 Å². The summed E-state index contributed by atoms with van der Waals surface area (Å²) in [5.74, 6) is 0.834. The molecule has 0 atom stereocenters. The van der Waals surface area contributed by atoms with Crippen LogP contribution in [0.15, 0.2) is 18.1 Å². The first kappa shape index (κ1) is 13.8. The van der Waals surface area contributed by atoms with E-state index >= 15 is 0 Å². The fraction of sp³-hybridized carbons (Fsp3) is 0.600. The van der Waals surface area contributed by atoms with Crippen molar-refractivity contribution in [2.75, 3.05) is 13.6 Å². The first-order valence-electron chi connectivity index (χ1n) is 7.04. The maximum atomic E-state index is 12.0. The van der Waals surface area contributed by atoms with Crippen LogP contribution in [0, 0.1) is 5.92 Å². The Balaban J connectivity index is 2.04. The minimum Gasteiger partial charge on any atom is -0.342 e. The Hall–Kier alpha value is -1.58. The van der Waals surface area contributed by atoms with Gasteiger partial charge >= 0.3 is 0 Å².